The van der Waals surface area contributed by atoms with Crippen LogP contribution in [0.1, 0.15) is 70.0 Å². The van der Waals surface area contributed by atoms with E-state index in [0.29, 0.717) is 13.1 Å². The molecule has 2 aromatic carbocycles. The van der Waals surface area contributed by atoms with Gasteiger partial charge in [-0.2, -0.15) is 0 Å². The Kier molecular flexibility index (Phi) is 13.5. The maximum atomic E-state index is 14.4. The molecule has 0 aliphatic carbocycles. The fourth-order valence-corrected chi connectivity index (χ4v) is 8.17. The lowest BCUT2D eigenvalue weighted by Crippen LogP contribution is -2.46. The minimum absolute atomic E-state index is 0.0565. The zero-order valence-electron chi connectivity index (χ0n) is 35.0. The summed E-state index contributed by atoms with van der Waals surface area (Å²) in [6.45, 7) is 15.4. The molecule has 5 bridgehead atoms. The number of phenols is 3. The molecule has 0 radical (unpaired) electrons. The number of likely N-dealkylation sites (N-methyl/N-ethyl adjacent to an activating group) is 1. The van der Waals surface area contributed by atoms with Gasteiger partial charge in [-0.05, 0) is 27.0 Å². The number of amides is 1. The molecule has 6 N–H and O–H groups in total. The van der Waals surface area contributed by atoms with Crippen LogP contribution >= 0.6 is 0 Å². The summed E-state index contributed by atoms with van der Waals surface area (Å²) in [6.07, 6.45) is 3.73. The maximum absolute atomic E-state index is 14.4. The van der Waals surface area contributed by atoms with Gasteiger partial charge >= 0.3 is 11.8 Å². The third kappa shape index (κ3) is 8.55. The summed E-state index contributed by atoms with van der Waals surface area (Å²) in [4.78, 5) is 44.7. The zero-order chi connectivity index (χ0) is 43.0. The molecule has 2 aromatic rings. The van der Waals surface area contributed by atoms with Gasteiger partial charge in [-0.1, -0.05) is 45.9 Å². The monoisotopic (exact) mass is 809 g/mol. The highest BCUT2D eigenvalue weighted by Gasteiger charge is 2.50. The first kappa shape index (κ1) is 44.4. The van der Waals surface area contributed by atoms with Crippen molar-refractivity contribution in [3.8, 4) is 23.0 Å². The lowest BCUT2D eigenvalue weighted by molar-refractivity contribution is -0.160. The van der Waals surface area contributed by atoms with Crippen molar-refractivity contribution in [2.45, 2.75) is 92.1 Å². The molecule has 0 spiro atoms. The molecule has 15 heteroatoms. The standard InChI is InChI=1S/C43H59N3O12/c1-21-12-11-13-22(2)42(54)44-33-28(20-46-17-15-45(9)16-18-46)37(51)30-31(38(33)52)36(50)26(6)40-32(30)41(53)43(8,58-40)56-19-14-29(55-10)23(3)39(57-27(7)47)25(5)35(49)24(4)34(21)48/h11-14,19,21,23-25,29,34-35,39,48-52H,15-18,20H2,1-10H3,(H,44,54)/t21-,23+,24?,25?,29-,34-,35+,39+,43-/m0/s1. The molecule has 9 atom stereocenters. The van der Waals surface area contributed by atoms with Crippen molar-refractivity contribution >= 4 is 34.1 Å². The molecule has 1 amide bonds. The zero-order valence-corrected chi connectivity index (χ0v) is 35.0. The number of aliphatic hydroxyl groups is 2. The molecule has 1 saturated heterocycles. The molecule has 318 valence electrons. The van der Waals surface area contributed by atoms with E-state index in [-0.39, 0.29) is 51.0 Å². The Morgan fingerprint density at radius 2 is 1.59 bits per heavy atom. The SMILES string of the molecule is CO[C@H]1C=CO[C@@]2(C)Oc3c(C)c(O)c4c(O)c(c(CN5CCN(C)CC5)c(O)c4c3C2=O)NC(=O)C(C)=CC=C[C@H](C)[C@H](O)C(C)[C@@H](O)C(C)[C@H](OC(C)=O)[C@@H]1C. The first-order chi connectivity index (χ1) is 27.2. The molecule has 6 rings (SSSR count). The molecular weight excluding hydrogens is 750 g/mol. The second-order valence-electron chi connectivity index (χ2n) is 16.3. The molecule has 1 fully saturated rings. The van der Waals surface area contributed by atoms with E-state index >= 15 is 0 Å². The Morgan fingerprint density at radius 1 is 0.931 bits per heavy atom. The van der Waals surface area contributed by atoms with Crippen molar-refractivity contribution in [1.82, 2.24) is 9.80 Å². The number of fused-ring (bicyclic) bond motifs is 14. The van der Waals surface area contributed by atoms with Gasteiger partial charge in [-0.15, -0.1) is 0 Å². The van der Waals surface area contributed by atoms with Gasteiger partial charge in [0.15, 0.2) is 5.75 Å². The Bertz CT molecular complexity index is 2000. The van der Waals surface area contributed by atoms with E-state index in [4.69, 9.17) is 18.9 Å². The van der Waals surface area contributed by atoms with Gasteiger partial charge in [0.25, 0.3) is 11.7 Å². The van der Waals surface area contributed by atoms with Crippen LogP contribution < -0.4 is 10.1 Å². The third-order valence-corrected chi connectivity index (χ3v) is 12.1. The van der Waals surface area contributed by atoms with E-state index in [2.05, 4.69) is 10.2 Å². The number of hydrogen-bond acceptors (Lipinski definition) is 14. The van der Waals surface area contributed by atoms with E-state index in [1.165, 1.54) is 46.3 Å². The lowest BCUT2D eigenvalue weighted by Gasteiger charge is -2.38. The largest absolute Gasteiger partial charge is 0.507 e. The smallest absolute Gasteiger partial charge is 0.312 e. The number of phenolic OH excluding ortho intramolecular Hbond substituents is 3. The molecule has 2 unspecified atom stereocenters. The molecule has 0 aromatic heterocycles. The average Bonchev–Trinajstić information content (AvgIpc) is 3.45. The number of nitrogens with one attached hydrogen (secondary N) is 1. The number of benzene rings is 2. The van der Waals surface area contributed by atoms with E-state index < -0.39 is 88.8 Å². The van der Waals surface area contributed by atoms with Crippen LogP contribution in [0.4, 0.5) is 5.69 Å². The number of esters is 1. The van der Waals surface area contributed by atoms with Gasteiger partial charge < -0.3 is 54.7 Å². The first-order valence-corrected chi connectivity index (χ1v) is 19.7. The fraction of sp³-hybridized carbons (Fsp3) is 0.558. The van der Waals surface area contributed by atoms with Gasteiger partial charge in [0, 0.05) is 99.4 Å². The van der Waals surface area contributed by atoms with Gasteiger partial charge in [0.1, 0.15) is 23.4 Å². The predicted molar refractivity (Wildman–Crippen MR) is 217 cm³/mol. The van der Waals surface area contributed by atoms with Gasteiger partial charge in [0.2, 0.25) is 0 Å². The second kappa shape index (κ2) is 17.7. The molecule has 4 aliphatic rings. The number of hydrogen-bond donors (Lipinski definition) is 6. The summed E-state index contributed by atoms with van der Waals surface area (Å²) in [5, 5.41) is 60.9. The minimum Gasteiger partial charge on any atom is -0.507 e. The topological polar surface area (TPSA) is 208 Å². The molecule has 15 nitrogen and oxygen atoms in total. The number of aliphatic hydroxyl groups excluding tert-OH is 2. The Balaban J connectivity index is 1.70. The van der Waals surface area contributed by atoms with Crippen molar-refractivity contribution in [2.75, 3.05) is 45.7 Å². The number of aromatic hydroxyl groups is 3. The Labute approximate surface area is 339 Å². The Hall–Kier alpha value is -4.67. The van der Waals surface area contributed by atoms with E-state index in [0.717, 1.165) is 13.1 Å². The quantitative estimate of drug-likeness (QED) is 0.143. The number of piperazine rings is 1. The second-order valence-corrected chi connectivity index (χ2v) is 16.3. The van der Waals surface area contributed by atoms with Crippen molar-refractivity contribution in [1.29, 1.82) is 0 Å². The third-order valence-electron chi connectivity index (χ3n) is 12.1. The van der Waals surface area contributed by atoms with Crippen molar-refractivity contribution < 1.29 is 58.9 Å². The van der Waals surface area contributed by atoms with E-state index in [1.807, 2.05) is 11.9 Å². The maximum Gasteiger partial charge on any atom is 0.312 e. The minimum atomic E-state index is -2.01. The number of nitrogens with zero attached hydrogens (tertiary/aromatic N) is 2. The molecule has 4 aliphatic heterocycles. The van der Waals surface area contributed by atoms with Crippen LogP contribution in [-0.2, 0) is 30.3 Å². The van der Waals surface area contributed by atoms with Gasteiger partial charge in [-0.25, -0.2) is 0 Å². The number of methoxy groups -OCH3 is 1. The highest BCUT2D eigenvalue weighted by molar-refractivity contribution is 6.22. The van der Waals surface area contributed by atoms with Crippen LogP contribution in [0.5, 0.6) is 23.0 Å². The van der Waals surface area contributed by atoms with Crippen molar-refractivity contribution in [3.63, 3.8) is 0 Å². The number of carbonyl (C=O) groups excluding carboxylic acids is 3. The van der Waals surface area contributed by atoms with E-state index in [1.54, 1.807) is 46.8 Å². The summed E-state index contributed by atoms with van der Waals surface area (Å²) in [5.41, 5.74) is 0.176. The number of Topliss-reactive ketones (excluding diaryl/α,β-unsaturated/α-hetero) is 1. The number of ether oxygens (including phenoxy) is 4. The summed E-state index contributed by atoms with van der Waals surface area (Å²) in [5.74, 6) is -7.86. The summed E-state index contributed by atoms with van der Waals surface area (Å²) in [6, 6.07) is 0. The highest BCUT2D eigenvalue weighted by Crippen LogP contribution is 2.55. The number of anilines is 1. The molecular formula is C43H59N3O12. The summed E-state index contributed by atoms with van der Waals surface area (Å²) in [7, 11) is 3.44. The number of rotatable bonds is 4. The van der Waals surface area contributed by atoms with Crippen molar-refractivity contribution in [2.24, 2.45) is 23.7 Å². The average molecular weight is 810 g/mol. The van der Waals surface area contributed by atoms with Gasteiger partial charge in [-0.3, -0.25) is 19.3 Å². The molecule has 58 heavy (non-hydrogen) atoms. The van der Waals surface area contributed by atoms with Crippen LogP contribution in [0.15, 0.2) is 36.1 Å². The molecule has 0 saturated carbocycles. The molecule has 4 heterocycles. The lowest BCUT2D eigenvalue weighted by atomic mass is 9.78. The number of carbonyl (C=O) groups is 3. The van der Waals surface area contributed by atoms with Crippen LogP contribution in [0.2, 0.25) is 0 Å². The normalized spacial score (nSPS) is 30.6. The van der Waals surface area contributed by atoms with Crippen LogP contribution in [0.25, 0.3) is 10.8 Å². The van der Waals surface area contributed by atoms with Crippen molar-refractivity contribution in [3.05, 3.63) is 52.8 Å². The highest BCUT2D eigenvalue weighted by atomic mass is 16.7. The van der Waals surface area contributed by atoms with Crippen LogP contribution in [-0.4, -0.2) is 124 Å². The fourth-order valence-electron chi connectivity index (χ4n) is 8.17. The number of allylic oxidation sites excluding steroid dienone is 2. The Morgan fingerprint density at radius 3 is 2.21 bits per heavy atom. The van der Waals surface area contributed by atoms with Crippen LogP contribution in [0, 0.1) is 30.6 Å². The predicted octanol–water partition coefficient (Wildman–Crippen LogP) is 4.50. The number of ketones is 1. The van der Waals surface area contributed by atoms with E-state index in [9.17, 15) is 39.9 Å². The summed E-state index contributed by atoms with van der Waals surface area (Å²) < 4.78 is 23.7. The van der Waals surface area contributed by atoms with Crippen LogP contribution in [0.3, 0.4) is 0 Å². The van der Waals surface area contributed by atoms with Gasteiger partial charge in [0.05, 0.1) is 41.2 Å². The first-order valence-electron chi connectivity index (χ1n) is 19.7. The summed E-state index contributed by atoms with van der Waals surface area (Å²) >= 11 is 0.